The molecule has 1 heterocycles. The van der Waals surface area contributed by atoms with Gasteiger partial charge in [0.05, 0.1) is 19.1 Å². The Bertz CT molecular complexity index is 550. The molecule has 2 N–H and O–H groups in total. The van der Waals surface area contributed by atoms with Crippen molar-refractivity contribution in [1.82, 2.24) is 10.2 Å². The minimum Gasteiger partial charge on any atom is -0.490 e. The molecule has 114 valence electrons. The summed E-state index contributed by atoms with van der Waals surface area (Å²) in [6.07, 6.45) is 0.415. The first kappa shape index (κ1) is 15.1. The van der Waals surface area contributed by atoms with E-state index in [0.717, 1.165) is 0 Å². The molecule has 0 radical (unpaired) electrons. The lowest BCUT2D eigenvalue weighted by Crippen LogP contribution is -2.41. The van der Waals surface area contributed by atoms with Crippen LogP contribution in [0, 0.1) is 5.82 Å². The summed E-state index contributed by atoms with van der Waals surface area (Å²) in [5.41, 5.74) is 0.598. The van der Waals surface area contributed by atoms with Gasteiger partial charge in [0.25, 0.3) is 0 Å². The quantitative estimate of drug-likeness (QED) is 0.887. The molecule has 1 aliphatic rings. The van der Waals surface area contributed by atoms with Crippen LogP contribution in [0.25, 0.3) is 0 Å². The molecule has 0 spiro atoms. The van der Waals surface area contributed by atoms with Gasteiger partial charge in [-0.3, -0.25) is 4.79 Å². The van der Waals surface area contributed by atoms with Crippen LogP contribution in [0.1, 0.15) is 24.4 Å². The molecule has 1 aliphatic heterocycles. The number of fused-ring (bicyclic) bond motifs is 1. The first-order valence-corrected chi connectivity index (χ1v) is 6.63. The van der Waals surface area contributed by atoms with Crippen LogP contribution in [0.15, 0.2) is 18.2 Å². The van der Waals surface area contributed by atoms with E-state index in [-0.39, 0.29) is 24.8 Å². The topological polar surface area (TPSA) is 78.9 Å². The third-order valence-electron chi connectivity index (χ3n) is 3.33. The molecule has 0 saturated carbocycles. The molecule has 1 aromatic carbocycles. The van der Waals surface area contributed by atoms with Gasteiger partial charge in [-0.15, -0.1) is 0 Å². The Kier molecular flexibility index (Phi) is 4.62. The summed E-state index contributed by atoms with van der Waals surface area (Å²) in [6, 6.07) is 3.85. The number of urea groups is 1. The molecule has 0 aromatic heterocycles. The molecule has 0 unspecified atom stereocenters. The van der Waals surface area contributed by atoms with Crippen molar-refractivity contribution in [2.45, 2.75) is 18.9 Å². The molecule has 0 saturated heterocycles. The number of carbonyl (C=O) groups is 2. The number of nitrogens with one attached hydrogen (secondary N) is 1. The summed E-state index contributed by atoms with van der Waals surface area (Å²) in [4.78, 5) is 23.8. The molecular weight excluding hydrogens is 279 g/mol. The Morgan fingerprint density at radius 2 is 2.29 bits per heavy atom. The predicted molar refractivity (Wildman–Crippen MR) is 72.7 cm³/mol. The molecule has 2 rings (SSSR count). The zero-order valence-corrected chi connectivity index (χ0v) is 11.6. The highest BCUT2D eigenvalue weighted by Gasteiger charge is 2.26. The maximum Gasteiger partial charge on any atom is 0.317 e. The Morgan fingerprint density at radius 3 is 3.00 bits per heavy atom. The maximum atomic E-state index is 13.6. The van der Waals surface area contributed by atoms with E-state index in [1.54, 1.807) is 12.1 Å². The number of carboxylic acids is 1. The van der Waals surface area contributed by atoms with Crippen molar-refractivity contribution in [2.75, 3.05) is 20.2 Å². The monoisotopic (exact) mass is 296 g/mol. The summed E-state index contributed by atoms with van der Waals surface area (Å²) in [5, 5.41) is 11.4. The smallest absolute Gasteiger partial charge is 0.317 e. The van der Waals surface area contributed by atoms with E-state index < -0.39 is 17.8 Å². The van der Waals surface area contributed by atoms with Crippen molar-refractivity contribution in [3.63, 3.8) is 0 Å². The van der Waals surface area contributed by atoms with Gasteiger partial charge < -0.3 is 20.1 Å². The van der Waals surface area contributed by atoms with Gasteiger partial charge in [-0.1, -0.05) is 12.1 Å². The molecule has 0 aliphatic carbocycles. The van der Waals surface area contributed by atoms with Crippen molar-refractivity contribution in [3.05, 3.63) is 29.6 Å². The summed E-state index contributed by atoms with van der Waals surface area (Å²) in [6.45, 7) is 0.429. The van der Waals surface area contributed by atoms with Crippen molar-refractivity contribution in [2.24, 2.45) is 0 Å². The van der Waals surface area contributed by atoms with Crippen LogP contribution in [0.3, 0.4) is 0 Å². The van der Waals surface area contributed by atoms with Gasteiger partial charge >= 0.3 is 12.0 Å². The minimum absolute atomic E-state index is 0.112. The lowest BCUT2D eigenvalue weighted by atomic mass is 10.0. The van der Waals surface area contributed by atoms with Gasteiger partial charge in [-0.2, -0.15) is 0 Å². The standard InChI is InChI=1S/C14H17FN2O4/c1-17(7-5-12(18)19)14(20)16-11-6-8-21-13-9(11)3-2-4-10(13)15/h2-4,11H,5-8H2,1H3,(H,16,20)(H,18,19)/t11-/m0/s1. The number of carbonyl (C=O) groups excluding carboxylic acids is 1. The zero-order valence-electron chi connectivity index (χ0n) is 11.6. The number of ether oxygens (including phenoxy) is 1. The number of carboxylic acid groups (broad SMARTS) is 1. The number of hydrogen-bond acceptors (Lipinski definition) is 3. The number of rotatable bonds is 4. The summed E-state index contributed by atoms with van der Waals surface area (Å²) >= 11 is 0. The van der Waals surface area contributed by atoms with Gasteiger partial charge in [0, 0.05) is 25.6 Å². The molecular formula is C14H17FN2O4. The molecule has 2 amide bonds. The number of aliphatic carboxylic acids is 1. The fourth-order valence-electron chi connectivity index (χ4n) is 2.16. The van der Waals surface area contributed by atoms with Crippen molar-refractivity contribution < 1.29 is 23.8 Å². The molecule has 6 nitrogen and oxygen atoms in total. The SMILES string of the molecule is CN(CCC(=O)O)C(=O)N[C@H]1CCOc2c(F)cccc21. The highest BCUT2D eigenvalue weighted by atomic mass is 19.1. The van der Waals surface area contributed by atoms with E-state index in [1.807, 2.05) is 0 Å². The number of halogens is 1. The van der Waals surface area contributed by atoms with Gasteiger partial charge in [0.1, 0.15) is 0 Å². The van der Waals surface area contributed by atoms with E-state index in [4.69, 9.17) is 9.84 Å². The second-order valence-corrected chi connectivity index (χ2v) is 4.86. The second-order valence-electron chi connectivity index (χ2n) is 4.86. The highest BCUT2D eigenvalue weighted by Crippen LogP contribution is 2.33. The minimum atomic E-state index is -0.965. The number of para-hydroxylation sites is 1. The summed E-state index contributed by atoms with van der Waals surface area (Å²) < 4.78 is 18.9. The lowest BCUT2D eigenvalue weighted by Gasteiger charge is -2.28. The zero-order chi connectivity index (χ0) is 15.4. The van der Waals surface area contributed by atoms with Crippen molar-refractivity contribution in [3.8, 4) is 5.75 Å². The molecule has 0 bridgehead atoms. The average Bonchev–Trinajstić information content (AvgIpc) is 2.45. The number of hydrogen-bond donors (Lipinski definition) is 2. The Balaban J connectivity index is 2.03. The Morgan fingerprint density at radius 1 is 1.52 bits per heavy atom. The fraction of sp³-hybridized carbons (Fsp3) is 0.429. The third kappa shape index (κ3) is 3.62. The van der Waals surface area contributed by atoms with Crippen LogP contribution < -0.4 is 10.1 Å². The largest absolute Gasteiger partial charge is 0.490 e. The Labute approximate surface area is 121 Å². The van der Waals surface area contributed by atoms with E-state index in [9.17, 15) is 14.0 Å². The molecule has 21 heavy (non-hydrogen) atoms. The van der Waals surface area contributed by atoms with Crippen LogP contribution >= 0.6 is 0 Å². The first-order chi connectivity index (χ1) is 9.99. The van der Waals surface area contributed by atoms with Crippen LogP contribution in [0.4, 0.5) is 9.18 Å². The molecule has 0 fully saturated rings. The van der Waals surface area contributed by atoms with E-state index in [2.05, 4.69) is 5.32 Å². The summed E-state index contributed by atoms with van der Waals surface area (Å²) in [5.74, 6) is -1.25. The van der Waals surface area contributed by atoms with Gasteiger partial charge in [-0.25, -0.2) is 9.18 Å². The van der Waals surface area contributed by atoms with Gasteiger partial charge in [0.2, 0.25) is 0 Å². The maximum absolute atomic E-state index is 13.6. The summed E-state index contributed by atoms with van der Waals surface area (Å²) in [7, 11) is 1.52. The molecule has 1 atom stereocenters. The Hall–Kier alpha value is -2.31. The van der Waals surface area contributed by atoms with Gasteiger partial charge in [0.15, 0.2) is 11.6 Å². The normalized spacial score (nSPS) is 16.6. The van der Waals surface area contributed by atoms with Crippen molar-refractivity contribution >= 4 is 12.0 Å². The van der Waals surface area contributed by atoms with E-state index in [1.165, 1.54) is 18.0 Å². The first-order valence-electron chi connectivity index (χ1n) is 6.63. The van der Waals surface area contributed by atoms with E-state index in [0.29, 0.717) is 18.6 Å². The number of benzene rings is 1. The molecule has 7 heteroatoms. The van der Waals surface area contributed by atoms with Gasteiger partial charge in [-0.05, 0) is 6.07 Å². The number of amides is 2. The highest BCUT2D eigenvalue weighted by molar-refractivity contribution is 5.75. The van der Waals surface area contributed by atoms with Crippen molar-refractivity contribution in [1.29, 1.82) is 0 Å². The second kappa shape index (κ2) is 6.43. The van der Waals surface area contributed by atoms with E-state index >= 15 is 0 Å². The predicted octanol–water partition coefficient (Wildman–Crippen LogP) is 1.77. The molecule has 1 aromatic rings. The van der Waals surface area contributed by atoms with Crippen LogP contribution in [-0.4, -0.2) is 42.2 Å². The third-order valence-corrected chi connectivity index (χ3v) is 3.33. The fourth-order valence-corrected chi connectivity index (χ4v) is 2.16. The number of nitrogens with zero attached hydrogens (tertiary/aromatic N) is 1. The lowest BCUT2D eigenvalue weighted by molar-refractivity contribution is -0.137. The van der Waals surface area contributed by atoms with Crippen LogP contribution in [0.2, 0.25) is 0 Å². The van der Waals surface area contributed by atoms with Crippen LogP contribution in [-0.2, 0) is 4.79 Å². The van der Waals surface area contributed by atoms with Crippen LogP contribution in [0.5, 0.6) is 5.75 Å². The average molecular weight is 296 g/mol.